The molecule has 1 fully saturated rings. The summed E-state index contributed by atoms with van der Waals surface area (Å²) in [7, 11) is 0. The van der Waals surface area contributed by atoms with Crippen molar-refractivity contribution in [2.45, 2.75) is 6.42 Å². The zero-order chi connectivity index (χ0) is 12.5. The molecule has 0 spiro atoms. The first-order valence-electron chi connectivity index (χ1n) is 5.85. The van der Waals surface area contributed by atoms with E-state index in [0.717, 1.165) is 35.2 Å². The molecule has 3 rings (SSSR count). The van der Waals surface area contributed by atoms with Crippen LogP contribution >= 0.6 is 15.9 Å². The van der Waals surface area contributed by atoms with E-state index in [0.29, 0.717) is 5.69 Å². The van der Waals surface area contributed by atoms with Crippen molar-refractivity contribution >= 4 is 21.8 Å². The molecular weight excluding hydrogens is 294 g/mol. The molecule has 0 saturated carbocycles. The highest BCUT2D eigenvalue weighted by atomic mass is 79.9. The third kappa shape index (κ3) is 2.06. The number of carbonyl (C=O) groups excluding carboxylic acids is 1. The number of hydrogen-bond acceptors (Lipinski definition) is 2. The summed E-state index contributed by atoms with van der Waals surface area (Å²) in [6.45, 7) is 1.71. The van der Waals surface area contributed by atoms with Crippen LogP contribution in [0.2, 0.25) is 0 Å². The van der Waals surface area contributed by atoms with Crippen LogP contribution in [0.3, 0.4) is 0 Å². The molecule has 1 aliphatic rings. The van der Waals surface area contributed by atoms with Gasteiger partial charge in [0.05, 0.1) is 5.69 Å². The van der Waals surface area contributed by atoms with Crippen LogP contribution in [0.5, 0.6) is 0 Å². The number of likely N-dealkylation sites (tertiary alicyclic amines) is 1. The molecule has 5 heteroatoms. The largest absolute Gasteiger partial charge is 0.337 e. The van der Waals surface area contributed by atoms with Crippen LogP contribution < -0.4 is 0 Å². The molecule has 2 heterocycles. The highest BCUT2D eigenvalue weighted by Gasteiger charge is 2.23. The lowest BCUT2D eigenvalue weighted by atomic mass is 10.1. The first-order valence-corrected chi connectivity index (χ1v) is 6.64. The highest BCUT2D eigenvalue weighted by molar-refractivity contribution is 9.10. The SMILES string of the molecule is O=C(c1cc(-c2ccc(Br)cc2)n[nH]1)N1CCC1. The number of H-pyrrole nitrogens is 1. The van der Waals surface area contributed by atoms with Crippen molar-refractivity contribution in [3.63, 3.8) is 0 Å². The third-order valence-electron chi connectivity index (χ3n) is 3.09. The van der Waals surface area contributed by atoms with Crippen molar-refractivity contribution < 1.29 is 4.79 Å². The van der Waals surface area contributed by atoms with Gasteiger partial charge in [-0.05, 0) is 24.6 Å². The number of carbonyl (C=O) groups is 1. The summed E-state index contributed by atoms with van der Waals surface area (Å²) in [6, 6.07) is 9.67. The zero-order valence-corrected chi connectivity index (χ0v) is 11.3. The molecule has 0 aliphatic carbocycles. The van der Waals surface area contributed by atoms with Crippen molar-refractivity contribution in [1.29, 1.82) is 0 Å². The van der Waals surface area contributed by atoms with E-state index < -0.39 is 0 Å². The van der Waals surface area contributed by atoms with E-state index in [-0.39, 0.29) is 5.91 Å². The first-order chi connectivity index (χ1) is 8.74. The number of aromatic amines is 1. The lowest BCUT2D eigenvalue weighted by Crippen LogP contribution is -2.42. The predicted molar refractivity (Wildman–Crippen MR) is 72.2 cm³/mol. The second kappa shape index (κ2) is 4.57. The fourth-order valence-electron chi connectivity index (χ4n) is 1.89. The van der Waals surface area contributed by atoms with Crippen LogP contribution in [0.1, 0.15) is 16.9 Å². The molecular formula is C13H12BrN3O. The Morgan fingerprint density at radius 1 is 1.28 bits per heavy atom. The van der Waals surface area contributed by atoms with Crippen molar-refractivity contribution in [1.82, 2.24) is 15.1 Å². The molecule has 1 aromatic heterocycles. The molecule has 0 unspecified atom stereocenters. The Balaban J connectivity index is 1.84. The lowest BCUT2D eigenvalue weighted by molar-refractivity contribution is 0.0645. The van der Waals surface area contributed by atoms with Crippen LogP contribution in [-0.2, 0) is 0 Å². The van der Waals surface area contributed by atoms with E-state index in [9.17, 15) is 4.79 Å². The van der Waals surface area contributed by atoms with Gasteiger partial charge in [-0.25, -0.2) is 0 Å². The average molecular weight is 306 g/mol. The molecule has 1 aliphatic heterocycles. The van der Waals surface area contributed by atoms with Gasteiger partial charge in [-0.2, -0.15) is 5.10 Å². The van der Waals surface area contributed by atoms with E-state index in [1.807, 2.05) is 35.2 Å². The van der Waals surface area contributed by atoms with Gasteiger partial charge in [0.2, 0.25) is 0 Å². The molecule has 0 atom stereocenters. The van der Waals surface area contributed by atoms with Gasteiger partial charge in [-0.3, -0.25) is 9.89 Å². The highest BCUT2D eigenvalue weighted by Crippen LogP contribution is 2.21. The number of amides is 1. The molecule has 92 valence electrons. The van der Waals surface area contributed by atoms with Crippen LogP contribution in [0.15, 0.2) is 34.8 Å². The summed E-state index contributed by atoms with van der Waals surface area (Å²) in [5.41, 5.74) is 2.36. The van der Waals surface area contributed by atoms with Crippen LogP contribution in [0.4, 0.5) is 0 Å². The summed E-state index contributed by atoms with van der Waals surface area (Å²) in [4.78, 5) is 13.8. The Bertz CT molecular complexity index is 572. The average Bonchev–Trinajstić information content (AvgIpc) is 2.77. The molecule has 0 bridgehead atoms. The number of nitrogens with one attached hydrogen (secondary N) is 1. The number of nitrogens with zero attached hydrogens (tertiary/aromatic N) is 2. The van der Waals surface area contributed by atoms with Gasteiger partial charge >= 0.3 is 0 Å². The van der Waals surface area contributed by atoms with Crippen LogP contribution in [0, 0.1) is 0 Å². The Morgan fingerprint density at radius 3 is 2.61 bits per heavy atom. The van der Waals surface area contributed by atoms with E-state index in [2.05, 4.69) is 26.1 Å². The number of halogens is 1. The number of rotatable bonds is 2. The minimum atomic E-state index is 0.0390. The molecule has 1 saturated heterocycles. The van der Waals surface area contributed by atoms with E-state index in [1.165, 1.54) is 0 Å². The number of benzene rings is 1. The monoisotopic (exact) mass is 305 g/mol. The van der Waals surface area contributed by atoms with Crippen molar-refractivity contribution in [2.75, 3.05) is 13.1 Å². The maximum Gasteiger partial charge on any atom is 0.271 e. The van der Waals surface area contributed by atoms with Crippen molar-refractivity contribution in [2.24, 2.45) is 0 Å². The van der Waals surface area contributed by atoms with E-state index >= 15 is 0 Å². The Kier molecular flexibility index (Phi) is 2.91. The fourth-order valence-corrected chi connectivity index (χ4v) is 2.15. The van der Waals surface area contributed by atoms with E-state index in [1.54, 1.807) is 0 Å². The normalized spacial score (nSPS) is 14.4. The fraction of sp³-hybridized carbons (Fsp3) is 0.231. The molecule has 2 aromatic rings. The number of hydrogen-bond donors (Lipinski definition) is 1. The Morgan fingerprint density at radius 2 is 2.00 bits per heavy atom. The smallest absolute Gasteiger partial charge is 0.271 e. The van der Waals surface area contributed by atoms with Gasteiger partial charge < -0.3 is 4.90 Å². The topological polar surface area (TPSA) is 49.0 Å². The summed E-state index contributed by atoms with van der Waals surface area (Å²) in [5.74, 6) is 0.0390. The third-order valence-corrected chi connectivity index (χ3v) is 3.62. The van der Waals surface area contributed by atoms with Gasteiger partial charge in [0, 0.05) is 23.1 Å². The number of aromatic nitrogens is 2. The first kappa shape index (κ1) is 11.5. The van der Waals surface area contributed by atoms with Gasteiger partial charge in [-0.1, -0.05) is 28.1 Å². The van der Waals surface area contributed by atoms with Gasteiger partial charge in [0.1, 0.15) is 5.69 Å². The van der Waals surface area contributed by atoms with Gasteiger partial charge in [0.15, 0.2) is 0 Å². The maximum atomic E-state index is 12.0. The molecule has 1 aromatic carbocycles. The Labute approximate surface area is 113 Å². The quantitative estimate of drug-likeness (QED) is 0.927. The molecule has 0 radical (unpaired) electrons. The summed E-state index contributed by atoms with van der Waals surface area (Å²) >= 11 is 3.39. The van der Waals surface area contributed by atoms with E-state index in [4.69, 9.17) is 0 Å². The molecule has 18 heavy (non-hydrogen) atoms. The van der Waals surface area contributed by atoms with Crippen molar-refractivity contribution in [3.05, 3.63) is 40.5 Å². The predicted octanol–water partition coefficient (Wildman–Crippen LogP) is 2.69. The molecule has 4 nitrogen and oxygen atoms in total. The maximum absolute atomic E-state index is 12.0. The minimum Gasteiger partial charge on any atom is -0.337 e. The lowest BCUT2D eigenvalue weighted by Gasteiger charge is -2.30. The van der Waals surface area contributed by atoms with Crippen LogP contribution in [-0.4, -0.2) is 34.1 Å². The summed E-state index contributed by atoms with van der Waals surface area (Å²) in [6.07, 6.45) is 1.10. The second-order valence-electron chi connectivity index (χ2n) is 4.32. The summed E-state index contributed by atoms with van der Waals surface area (Å²) < 4.78 is 1.03. The standard InChI is InChI=1S/C13H12BrN3O/c14-10-4-2-9(3-5-10)11-8-12(16-15-11)13(18)17-6-1-7-17/h2-5,8H,1,6-7H2,(H,15,16). The van der Waals surface area contributed by atoms with Gasteiger partial charge in [-0.15, -0.1) is 0 Å². The molecule has 1 N–H and O–H groups in total. The zero-order valence-electron chi connectivity index (χ0n) is 9.69. The molecule has 1 amide bonds. The summed E-state index contributed by atoms with van der Waals surface area (Å²) in [5, 5.41) is 7.00. The van der Waals surface area contributed by atoms with Crippen molar-refractivity contribution in [3.8, 4) is 11.3 Å². The second-order valence-corrected chi connectivity index (χ2v) is 5.24. The minimum absolute atomic E-state index is 0.0390. The van der Waals surface area contributed by atoms with Gasteiger partial charge in [0.25, 0.3) is 5.91 Å². The van der Waals surface area contributed by atoms with Crippen LogP contribution in [0.25, 0.3) is 11.3 Å². The Hall–Kier alpha value is -1.62.